The third-order valence-corrected chi connectivity index (χ3v) is 7.25. The summed E-state index contributed by atoms with van der Waals surface area (Å²) in [4.78, 5) is 13.7. The first-order chi connectivity index (χ1) is 15.7. The summed E-state index contributed by atoms with van der Waals surface area (Å²) in [5.74, 6) is -0.0404. The van der Waals surface area contributed by atoms with Crippen molar-refractivity contribution in [3.8, 4) is 11.5 Å². The first-order valence-corrected chi connectivity index (χ1v) is 11.1. The SMILES string of the molecule is COc1ccc2c3c1O[C@H]1C[C@@H](O[C@H]4OC(C(=O)O)[C@H](O)[C@@H](O)[C@@H]4O)C=C[C@@]31CCN(C)C2. The average Bonchev–Trinajstić information content (AvgIpc) is 3.05. The van der Waals surface area contributed by atoms with Crippen LogP contribution in [0.3, 0.4) is 0 Å². The quantitative estimate of drug-likeness (QED) is 0.443. The number of nitrogens with zero attached hydrogens (tertiary/aromatic N) is 1. The number of methoxy groups -OCH3 is 1. The van der Waals surface area contributed by atoms with Gasteiger partial charge in [0.05, 0.1) is 18.6 Å². The number of ether oxygens (including phenoxy) is 4. The van der Waals surface area contributed by atoms with Crippen LogP contribution in [0.4, 0.5) is 0 Å². The molecule has 1 unspecified atom stereocenters. The van der Waals surface area contributed by atoms with Crippen molar-refractivity contribution >= 4 is 5.97 Å². The monoisotopic (exact) mass is 463 g/mol. The van der Waals surface area contributed by atoms with E-state index in [0.717, 1.165) is 30.8 Å². The molecule has 4 N–H and O–H groups in total. The van der Waals surface area contributed by atoms with Crippen LogP contribution in [0.1, 0.15) is 24.0 Å². The van der Waals surface area contributed by atoms with Crippen LogP contribution in [0.25, 0.3) is 0 Å². The van der Waals surface area contributed by atoms with Crippen molar-refractivity contribution in [3.05, 3.63) is 35.4 Å². The summed E-state index contributed by atoms with van der Waals surface area (Å²) >= 11 is 0. The molecule has 0 saturated carbocycles. The molecule has 1 saturated heterocycles. The zero-order chi connectivity index (χ0) is 23.5. The molecule has 0 aromatic heterocycles. The Balaban J connectivity index is 1.42. The Bertz CT molecular complexity index is 967. The molecule has 0 radical (unpaired) electrons. The lowest BCUT2D eigenvalue weighted by molar-refractivity contribution is -0.302. The van der Waals surface area contributed by atoms with Crippen molar-refractivity contribution in [3.63, 3.8) is 0 Å². The molecule has 1 aliphatic carbocycles. The van der Waals surface area contributed by atoms with Crippen molar-refractivity contribution in [1.82, 2.24) is 4.90 Å². The van der Waals surface area contributed by atoms with Crippen LogP contribution in [0.2, 0.25) is 0 Å². The van der Waals surface area contributed by atoms with Gasteiger partial charge >= 0.3 is 5.97 Å². The molecule has 1 aromatic carbocycles. The van der Waals surface area contributed by atoms with Crippen LogP contribution in [0.15, 0.2) is 24.3 Å². The van der Waals surface area contributed by atoms with Gasteiger partial charge in [-0.2, -0.15) is 0 Å². The van der Waals surface area contributed by atoms with Crippen LogP contribution in [0.5, 0.6) is 11.5 Å². The first kappa shape index (κ1) is 22.6. The normalized spacial score (nSPS) is 39.8. The fraction of sp³-hybridized carbons (Fsp3) is 0.609. The Labute approximate surface area is 190 Å². The Kier molecular flexibility index (Phi) is 5.63. The summed E-state index contributed by atoms with van der Waals surface area (Å²) < 4.78 is 23.2. The van der Waals surface area contributed by atoms with Gasteiger partial charge in [0.1, 0.15) is 24.4 Å². The van der Waals surface area contributed by atoms with Gasteiger partial charge in [0.25, 0.3) is 0 Å². The van der Waals surface area contributed by atoms with Gasteiger partial charge in [-0.05, 0) is 31.6 Å². The van der Waals surface area contributed by atoms with Gasteiger partial charge in [-0.3, -0.25) is 0 Å². The lowest BCUT2D eigenvalue weighted by Crippen LogP contribution is -2.61. The molecular formula is C23H29NO9. The standard InChI is InChI=1S/C23H29NO9/c1-24-8-7-23-6-5-12(31-22-18(27)16(25)17(26)20(33-22)21(28)29)9-14(23)32-19-13(30-2)4-3-11(10-24)15(19)23/h3-6,12,14,16-18,20,22,25-27H,7-10H2,1-2H3,(H,28,29)/t12-,14-,16+,17+,18-,20?,22-,23-/m0/s1. The summed E-state index contributed by atoms with van der Waals surface area (Å²) in [5.41, 5.74) is 1.96. The highest BCUT2D eigenvalue weighted by atomic mass is 16.7. The van der Waals surface area contributed by atoms with E-state index in [0.29, 0.717) is 12.2 Å². The fourth-order valence-electron chi connectivity index (χ4n) is 5.50. The zero-order valence-electron chi connectivity index (χ0n) is 18.5. The van der Waals surface area contributed by atoms with E-state index in [2.05, 4.69) is 24.1 Å². The molecule has 3 aliphatic heterocycles. The first-order valence-electron chi connectivity index (χ1n) is 11.1. The number of aliphatic hydroxyl groups excluding tert-OH is 3. The third kappa shape index (κ3) is 3.52. The van der Waals surface area contributed by atoms with E-state index >= 15 is 0 Å². The topological polar surface area (TPSA) is 138 Å². The molecule has 3 heterocycles. The van der Waals surface area contributed by atoms with Crippen molar-refractivity contribution in [2.45, 2.75) is 67.7 Å². The number of hydrogen-bond donors (Lipinski definition) is 4. The van der Waals surface area contributed by atoms with E-state index in [-0.39, 0.29) is 11.5 Å². The number of carboxylic acid groups (broad SMARTS) is 1. The van der Waals surface area contributed by atoms with Gasteiger partial charge in [-0.1, -0.05) is 18.2 Å². The molecule has 4 aliphatic rings. The summed E-state index contributed by atoms with van der Waals surface area (Å²) in [6, 6.07) is 4.00. The second-order valence-electron chi connectivity index (χ2n) is 9.27. The molecule has 8 atom stereocenters. The molecule has 1 spiro atoms. The van der Waals surface area contributed by atoms with Gasteiger partial charge in [0.15, 0.2) is 23.9 Å². The van der Waals surface area contributed by atoms with Crippen LogP contribution in [0, 0.1) is 0 Å². The Morgan fingerprint density at radius 3 is 2.73 bits per heavy atom. The molecule has 0 amide bonds. The summed E-state index contributed by atoms with van der Waals surface area (Å²) in [7, 11) is 3.70. The lowest BCUT2D eigenvalue weighted by atomic mass is 9.69. The number of aliphatic carboxylic acids is 1. The smallest absolute Gasteiger partial charge is 0.335 e. The maximum atomic E-state index is 11.4. The maximum Gasteiger partial charge on any atom is 0.335 e. The van der Waals surface area contributed by atoms with E-state index in [1.807, 2.05) is 12.1 Å². The zero-order valence-corrected chi connectivity index (χ0v) is 18.5. The van der Waals surface area contributed by atoms with Crippen molar-refractivity contribution in [2.24, 2.45) is 0 Å². The minimum atomic E-state index is -1.76. The number of carbonyl (C=O) groups is 1. The maximum absolute atomic E-state index is 11.4. The van der Waals surface area contributed by atoms with Gasteiger partial charge in [0, 0.05) is 18.5 Å². The molecule has 1 aromatic rings. The molecule has 10 heteroatoms. The van der Waals surface area contributed by atoms with E-state index in [9.17, 15) is 25.2 Å². The molecule has 5 rings (SSSR count). The predicted molar refractivity (Wildman–Crippen MR) is 113 cm³/mol. The van der Waals surface area contributed by atoms with Gasteiger partial charge in [-0.25, -0.2) is 4.79 Å². The molecular weight excluding hydrogens is 434 g/mol. The number of benzene rings is 1. The Morgan fingerprint density at radius 1 is 1.21 bits per heavy atom. The highest BCUT2D eigenvalue weighted by molar-refractivity contribution is 5.73. The minimum absolute atomic E-state index is 0.254. The highest BCUT2D eigenvalue weighted by Gasteiger charge is 2.54. The van der Waals surface area contributed by atoms with Crippen LogP contribution < -0.4 is 9.47 Å². The van der Waals surface area contributed by atoms with Crippen LogP contribution in [-0.4, -0.2) is 94.9 Å². The van der Waals surface area contributed by atoms with E-state index in [4.69, 9.17) is 18.9 Å². The van der Waals surface area contributed by atoms with Crippen molar-refractivity contribution in [2.75, 3.05) is 20.7 Å². The predicted octanol–water partition coefficient (Wildman–Crippen LogP) is -0.233. The lowest BCUT2D eigenvalue weighted by Gasteiger charge is -2.42. The third-order valence-electron chi connectivity index (χ3n) is 7.25. The molecule has 0 bridgehead atoms. The summed E-state index contributed by atoms with van der Waals surface area (Å²) in [6.45, 7) is 1.68. The second kappa shape index (κ2) is 8.23. The number of rotatable bonds is 4. The second-order valence-corrected chi connectivity index (χ2v) is 9.27. The number of carboxylic acids is 1. The van der Waals surface area contributed by atoms with Gasteiger partial charge < -0.3 is 44.3 Å². The number of hydrogen-bond acceptors (Lipinski definition) is 9. The van der Waals surface area contributed by atoms with E-state index in [1.54, 1.807) is 7.11 Å². The van der Waals surface area contributed by atoms with Crippen LogP contribution in [-0.2, 0) is 26.2 Å². The average molecular weight is 463 g/mol. The Hall–Kier alpha value is -2.21. The van der Waals surface area contributed by atoms with Gasteiger partial charge in [-0.15, -0.1) is 0 Å². The summed E-state index contributed by atoms with van der Waals surface area (Å²) in [5, 5.41) is 39.6. The minimum Gasteiger partial charge on any atom is -0.493 e. The molecule has 180 valence electrons. The van der Waals surface area contributed by atoms with E-state index in [1.165, 1.54) is 5.56 Å². The van der Waals surface area contributed by atoms with Crippen LogP contribution >= 0.6 is 0 Å². The summed E-state index contributed by atoms with van der Waals surface area (Å²) in [6.07, 6.45) is -3.76. The molecule has 1 fully saturated rings. The highest BCUT2D eigenvalue weighted by Crippen LogP contribution is 2.56. The van der Waals surface area contributed by atoms with Crippen molar-refractivity contribution < 1.29 is 44.2 Å². The van der Waals surface area contributed by atoms with Gasteiger partial charge in [0.2, 0.25) is 0 Å². The molecule has 10 nitrogen and oxygen atoms in total. The van der Waals surface area contributed by atoms with E-state index < -0.39 is 42.8 Å². The van der Waals surface area contributed by atoms with Crippen molar-refractivity contribution in [1.29, 1.82) is 0 Å². The largest absolute Gasteiger partial charge is 0.493 e. The molecule has 33 heavy (non-hydrogen) atoms. The number of aliphatic hydroxyl groups is 3. The Morgan fingerprint density at radius 2 is 2.00 bits per heavy atom. The fourth-order valence-corrected chi connectivity index (χ4v) is 5.50.